The van der Waals surface area contributed by atoms with Crippen molar-refractivity contribution in [3.63, 3.8) is 0 Å². The van der Waals surface area contributed by atoms with E-state index in [1.165, 1.54) is 0 Å². The topological polar surface area (TPSA) is 87.7 Å². The monoisotopic (exact) mass is 393 g/mol. The molecular formula is C22H23N3O4. The van der Waals surface area contributed by atoms with Crippen molar-refractivity contribution in [3.8, 4) is 5.75 Å². The second kappa shape index (κ2) is 7.58. The molecule has 0 radical (unpaired) electrons. The van der Waals surface area contributed by atoms with Crippen LogP contribution in [-0.4, -0.2) is 35.9 Å². The highest BCUT2D eigenvalue weighted by Gasteiger charge is 2.55. The van der Waals surface area contributed by atoms with Gasteiger partial charge in [0.2, 0.25) is 5.91 Å². The number of aryl methyl sites for hydroxylation is 1. The summed E-state index contributed by atoms with van der Waals surface area (Å²) in [5, 5.41) is 5.57. The minimum atomic E-state index is -1.06. The van der Waals surface area contributed by atoms with E-state index in [1.807, 2.05) is 37.3 Å². The van der Waals surface area contributed by atoms with E-state index < -0.39 is 17.5 Å². The average molecular weight is 393 g/mol. The van der Waals surface area contributed by atoms with Gasteiger partial charge in [0.15, 0.2) is 0 Å². The quantitative estimate of drug-likeness (QED) is 0.739. The van der Waals surface area contributed by atoms with E-state index in [9.17, 15) is 14.4 Å². The Kier molecular flexibility index (Phi) is 4.96. The number of imide groups is 1. The van der Waals surface area contributed by atoms with Crippen molar-refractivity contribution in [2.75, 3.05) is 18.5 Å². The second-order valence-corrected chi connectivity index (χ2v) is 7.28. The lowest BCUT2D eigenvalue weighted by atomic mass is 9.92. The predicted octanol–water partition coefficient (Wildman–Crippen LogP) is 2.81. The Hall–Kier alpha value is -3.35. The van der Waals surface area contributed by atoms with Crippen molar-refractivity contribution < 1.29 is 19.1 Å². The fourth-order valence-electron chi connectivity index (χ4n) is 3.97. The average Bonchev–Trinajstić information content (AvgIpc) is 3.21. The van der Waals surface area contributed by atoms with Crippen molar-refractivity contribution in [2.45, 2.75) is 31.7 Å². The molecule has 0 bridgehead atoms. The van der Waals surface area contributed by atoms with E-state index in [4.69, 9.17) is 4.74 Å². The molecule has 1 saturated heterocycles. The third-order valence-corrected chi connectivity index (χ3v) is 5.35. The number of rotatable bonds is 6. The number of anilines is 1. The number of amides is 4. The zero-order valence-electron chi connectivity index (χ0n) is 16.2. The Bertz CT molecular complexity index is 974. The van der Waals surface area contributed by atoms with Crippen LogP contribution in [0.1, 0.15) is 30.9 Å². The largest absolute Gasteiger partial charge is 0.491 e. The Labute approximate surface area is 169 Å². The molecule has 1 atom stereocenters. The van der Waals surface area contributed by atoms with Crippen molar-refractivity contribution in [1.82, 2.24) is 10.2 Å². The van der Waals surface area contributed by atoms with Gasteiger partial charge in [-0.05, 0) is 42.5 Å². The van der Waals surface area contributed by atoms with Gasteiger partial charge in [0, 0.05) is 0 Å². The SMILES string of the molecule is CCCOc1ccccc1NC(=O)CN1C(=O)N[C@@]2(CCc3ccccc32)C1=O. The zero-order valence-corrected chi connectivity index (χ0v) is 16.2. The number of hydrogen-bond donors (Lipinski definition) is 2. The maximum Gasteiger partial charge on any atom is 0.325 e. The Morgan fingerprint density at radius 2 is 1.93 bits per heavy atom. The third-order valence-electron chi connectivity index (χ3n) is 5.35. The van der Waals surface area contributed by atoms with E-state index in [1.54, 1.807) is 18.2 Å². The summed E-state index contributed by atoms with van der Waals surface area (Å²) in [6.07, 6.45) is 2.06. The highest BCUT2D eigenvalue weighted by Crippen LogP contribution is 2.41. The van der Waals surface area contributed by atoms with Gasteiger partial charge in [-0.2, -0.15) is 0 Å². The molecule has 1 aliphatic heterocycles. The van der Waals surface area contributed by atoms with E-state index in [-0.39, 0.29) is 12.5 Å². The highest BCUT2D eigenvalue weighted by molar-refractivity contribution is 6.11. The summed E-state index contributed by atoms with van der Waals surface area (Å²) in [7, 11) is 0. The number of carbonyl (C=O) groups is 3. The second-order valence-electron chi connectivity index (χ2n) is 7.28. The number of hydrogen-bond acceptors (Lipinski definition) is 4. The molecule has 1 fully saturated rings. The molecule has 0 aromatic heterocycles. The minimum Gasteiger partial charge on any atom is -0.491 e. The summed E-state index contributed by atoms with van der Waals surface area (Å²) in [5.74, 6) is -0.274. The molecule has 2 aliphatic rings. The fourth-order valence-corrected chi connectivity index (χ4v) is 3.97. The number of carbonyl (C=O) groups excluding carboxylic acids is 3. The van der Waals surface area contributed by atoms with Gasteiger partial charge in [0.05, 0.1) is 12.3 Å². The summed E-state index contributed by atoms with van der Waals surface area (Å²) in [4.78, 5) is 39.3. The number of ether oxygens (including phenoxy) is 1. The number of benzene rings is 2. The molecule has 2 aromatic rings. The smallest absolute Gasteiger partial charge is 0.325 e. The van der Waals surface area contributed by atoms with Gasteiger partial charge in [0.1, 0.15) is 17.8 Å². The molecule has 0 saturated carbocycles. The molecule has 1 aliphatic carbocycles. The normalized spacial score (nSPS) is 20.0. The van der Waals surface area contributed by atoms with Crippen LogP contribution in [0.15, 0.2) is 48.5 Å². The molecule has 1 spiro atoms. The number of urea groups is 1. The Morgan fingerprint density at radius 3 is 2.76 bits per heavy atom. The van der Waals surface area contributed by atoms with Gasteiger partial charge in [-0.15, -0.1) is 0 Å². The highest BCUT2D eigenvalue weighted by atomic mass is 16.5. The molecule has 4 amide bonds. The molecule has 0 unspecified atom stereocenters. The Morgan fingerprint density at radius 1 is 1.17 bits per heavy atom. The maximum atomic E-state index is 13.1. The van der Waals surface area contributed by atoms with E-state index in [0.29, 0.717) is 30.9 Å². The number of nitrogens with zero attached hydrogens (tertiary/aromatic N) is 1. The summed E-state index contributed by atoms with van der Waals surface area (Å²) >= 11 is 0. The molecule has 2 N–H and O–H groups in total. The van der Waals surface area contributed by atoms with Gasteiger partial charge in [-0.25, -0.2) is 4.79 Å². The van der Waals surface area contributed by atoms with Crippen molar-refractivity contribution in [2.24, 2.45) is 0 Å². The first-order chi connectivity index (χ1) is 14.0. The van der Waals surface area contributed by atoms with Crippen LogP contribution in [0.3, 0.4) is 0 Å². The van der Waals surface area contributed by atoms with E-state index >= 15 is 0 Å². The zero-order chi connectivity index (χ0) is 20.4. The number of fused-ring (bicyclic) bond motifs is 2. The van der Waals surface area contributed by atoms with E-state index in [2.05, 4.69) is 10.6 Å². The molecular weight excluding hydrogens is 370 g/mol. The van der Waals surface area contributed by atoms with Crippen LogP contribution in [0.2, 0.25) is 0 Å². The lowest BCUT2D eigenvalue weighted by Gasteiger charge is -2.22. The van der Waals surface area contributed by atoms with Crippen LogP contribution in [0.5, 0.6) is 5.75 Å². The van der Waals surface area contributed by atoms with Crippen molar-refractivity contribution in [1.29, 1.82) is 0 Å². The first-order valence-electron chi connectivity index (χ1n) is 9.79. The van der Waals surface area contributed by atoms with Gasteiger partial charge < -0.3 is 15.4 Å². The molecule has 2 aromatic carbocycles. The fraction of sp³-hybridized carbons (Fsp3) is 0.318. The van der Waals surface area contributed by atoms with Gasteiger partial charge >= 0.3 is 6.03 Å². The third kappa shape index (κ3) is 3.33. The lowest BCUT2D eigenvalue weighted by molar-refractivity contribution is -0.134. The lowest BCUT2D eigenvalue weighted by Crippen LogP contribution is -2.43. The van der Waals surface area contributed by atoms with Crippen molar-refractivity contribution >= 4 is 23.5 Å². The summed E-state index contributed by atoms with van der Waals surface area (Å²) in [6.45, 7) is 2.17. The first-order valence-corrected chi connectivity index (χ1v) is 9.79. The van der Waals surface area contributed by atoms with Crippen molar-refractivity contribution in [3.05, 3.63) is 59.7 Å². The maximum absolute atomic E-state index is 13.1. The summed E-state index contributed by atoms with van der Waals surface area (Å²) < 4.78 is 5.64. The standard InChI is InChI=1S/C22H23N3O4/c1-2-13-29-18-10-6-5-9-17(18)23-19(26)14-25-20(27)22(24-21(25)28)12-11-15-7-3-4-8-16(15)22/h3-10H,2,11-14H2,1H3,(H,23,26)(H,24,28)/t22-/m1/s1. The van der Waals surface area contributed by atoms with Gasteiger partial charge in [-0.3, -0.25) is 14.5 Å². The molecule has 1 heterocycles. The van der Waals surface area contributed by atoms with Crippen LogP contribution in [-0.2, 0) is 21.5 Å². The molecule has 7 heteroatoms. The summed E-state index contributed by atoms with van der Waals surface area (Å²) in [5.41, 5.74) is 1.32. The van der Waals surface area contributed by atoms with Crippen LogP contribution in [0, 0.1) is 0 Å². The predicted molar refractivity (Wildman–Crippen MR) is 108 cm³/mol. The summed E-state index contributed by atoms with van der Waals surface area (Å²) in [6, 6.07) is 14.2. The van der Waals surface area contributed by atoms with Crippen LogP contribution in [0.4, 0.5) is 10.5 Å². The van der Waals surface area contributed by atoms with Gasteiger partial charge in [-0.1, -0.05) is 43.3 Å². The molecule has 29 heavy (non-hydrogen) atoms. The minimum absolute atomic E-state index is 0.351. The van der Waals surface area contributed by atoms with E-state index in [0.717, 1.165) is 22.4 Å². The van der Waals surface area contributed by atoms with Gasteiger partial charge in [0.25, 0.3) is 5.91 Å². The van der Waals surface area contributed by atoms with Crippen LogP contribution in [0.25, 0.3) is 0 Å². The van der Waals surface area contributed by atoms with Crippen LogP contribution < -0.4 is 15.4 Å². The molecule has 7 nitrogen and oxygen atoms in total. The molecule has 150 valence electrons. The van der Waals surface area contributed by atoms with Crippen LogP contribution >= 0.6 is 0 Å². The number of para-hydroxylation sites is 2. The first kappa shape index (κ1) is 19.0. The molecule has 4 rings (SSSR count). The number of nitrogens with one attached hydrogen (secondary N) is 2. The Balaban J connectivity index is 1.49.